The number of benzene rings is 1. The number of hydrogen-bond acceptors (Lipinski definition) is 3. The van der Waals surface area contributed by atoms with E-state index < -0.39 is 0 Å². The Hall–Kier alpha value is -1.32. The molecule has 2 aromatic rings. The van der Waals surface area contributed by atoms with Crippen LogP contribution in [0.3, 0.4) is 0 Å². The smallest absolute Gasteiger partial charge is 0.146 e. The summed E-state index contributed by atoms with van der Waals surface area (Å²) in [6.07, 6.45) is 0. The van der Waals surface area contributed by atoms with Crippen LogP contribution in [0.2, 0.25) is 10.0 Å². The van der Waals surface area contributed by atoms with Crippen molar-refractivity contribution in [3.05, 3.63) is 40.4 Å². The number of nitrogen functional groups attached to an aromatic ring is 1. The van der Waals surface area contributed by atoms with Crippen molar-refractivity contribution in [1.29, 1.82) is 0 Å². The van der Waals surface area contributed by atoms with Gasteiger partial charge in [-0.15, -0.1) is 10.2 Å². The van der Waals surface area contributed by atoms with E-state index in [1.54, 1.807) is 30.3 Å². The molecule has 15 heavy (non-hydrogen) atoms. The Morgan fingerprint density at radius 3 is 2.13 bits per heavy atom. The highest BCUT2D eigenvalue weighted by atomic mass is 35.5. The standard InChI is InChI=1S/C10H7Cl2N3/c11-7-3-6(4-8(12)5-7)9-1-2-10(13)15-14-9/h1-5H,(H2,13,15). The SMILES string of the molecule is Nc1ccc(-c2cc(Cl)cc(Cl)c2)nn1. The van der Waals surface area contributed by atoms with Crippen molar-refractivity contribution in [2.75, 3.05) is 5.73 Å². The predicted molar refractivity (Wildman–Crippen MR) is 61.9 cm³/mol. The average Bonchev–Trinajstić information content (AvgIpc) is 2.17. The molecular formula is C10H7Cl2N3. The lowest BCUT2D eigenvalue weighted by Crippen LogP contribution is -1.93. The zero-order valence-electron chi connectivity index (χ0n) is 7.61. The number of aromatic nitrogens is 2. The molecule has 0 unspecified atom stereocenters. The third-order valence-corrected chi connectivity index (χ3v) is 2.28. The molecule has 0 amide bonds. The highest BCUT2D eigenvalue weighted by molar-refractivity contribution is 6.35. The summed E-state index contributed by atoms with van der Waals surface area (Å²) < 4.78 is 0. The Kier molecular flexibility index (Phi) is 2.75. The molecule has 5 heteroatoms. The summed E-state index contributed by atoms with van der Waals surface area (Å²) >= 11 is 11.7. The van der Waals surface area contributed by atoms with Gasteiger partial charge in [-0.25, -0.2) is 0 Å². The van der Waals surface area contributed by atoms with Crippen LogP contribution >= 0.6 is 23.2 Å². The zero-order chi connectivity index (χ0) is 10.8. The average molecular weight is 240 g/mol. The fraction of sp³-hybridized carbons (Fsp3) is 0. The van der Waals surface area contributed by atoms with Crippen molar-refractivity contribution >= 4 is 29.0 Å². The molecular weight excluding hydrogens is 233 g/mol. The third-order valence-electron chi connectivity index (χ3n) is 1.84. The van der Waals surface area contributed by atoms with Gasteiger partial charge in [-0.3, -0.25) is 0 Å². The quantitative estimate of drug-likeness (QED) is 0.833. The maximum atomic E-state index is 5.87. The Morgan fingerprint density at radius 1 is 0.933 bits per heavy atom. The van der Waals surface area contributed by atoms with Gasteiger partial charge in [-0.05, 0) is 30.3 Å². The topological polar surface area (TPSA) is 51.8 Å². The van der Waals surface area contributed by atoms with Crippen LogP contribution in [0.5, 0.6) is 0 Å². The van der Waals surface area contributed by atoms with E-state index in [1.807, 2.05) is 0 Å². The van der Waals surface area contributed by atoms with Crippen LogP contribution in [-0.4, -0.2) is 10.2 Å². The van der Waals surface area contributed by atoms with E-state index in [4.69, 9.17) is 28.9 Å². The molecule has 0 aliphatic heterocycles. The second-order valence-corrected chi connectivity index (χ2v) is 3.87. The van der Waals surface area contributed by atoms with E-state index in [0.717, 1.165) is 5.56 Å². The fourth-order valence-electron chi connectivity index (χ4n) is 1.20. The summed E-state index contributed by atoms with van der Waals surface area (Å²) in [5, 5.41) is 8.83. The van der Waals surface area contributed by atoms with E-state index in [0.29, 0.717) is 21.6 Å². The molecule has 2 rings (SSSR count). The van der Waals surface area contributed by atoms with Crippen LogP contribution in [0, 0.1) is 0 Å². The van der Waals surface area contributed by atoms with E-state index >= 15 is 0 Å². The molecule has 1 aromatic carbocycles. The maximum absolute atomic E-state index is 5.87. The van der Waals surface area contributed by atoms with Gasteiger partial charge in [0.25, 0.3) is 0 Å². The van der Waals surface area contributed by atoms with Gasteiger partial charge in [0.05, 0.1) is 5.69 Å². The molecule has 1 heterocycles. The van der Waals surface area contributed by atoms with E-state index in [1.165, 1.54) is 0 Å². The molecule has 0 radical (unpaired) electrons. The fourth-order valence-corrected chi connectivity index (χ4v) is 1.72. The van der Waals surface area contributed by atoms with Crippen molar-refractivity contribution < 1.29 is 0 Å². The zero-order valence-corrected chi connectivity index (χ0v) is 9.13. The Labute approximate surface area is 96.8 Å². The molecule has 0 atom stereocenters. The van der Waals surface area contributed by atoms with Crippen LogP contribution in [-0.2, 0) is 0 Å². The van der Waals surface area contributed by atoms with Gasteiger partial charge in [0, 0.05) is 15.6 Å². The first-order valence-electron chi connectivity index (χ1n) is 4.21. The molecule has 0 aliphatic rings. The van der Waals surface area contributed by atoms with Crippen LogP contribution in [0.1, 0.15) is 0 Å². The van der Waals surface area contributed by atoms with E-state index in [2.05, 4.69) is 10.2 Å². The first kappa shape index (κ1) is 10.2. The summed E-state index contributed by atoms with van der Waals surface area (Å²) in [5.41, 5.74) is 6.95. The summed E-state index contributed by atoms with van der Waals surface area (Å²) in [4.78, 5) is 0. The number of halogens is 2. The maximum Gasteiger partial charge on any atom is 0.146 e. The van der Waals surface area contributed by atoms with Crippen molar-refractivity contribution in [2.45, 2.75) is 0 Å². The number of rotatable bonds is 1. The second-order valence-electron chi connectivity index (χ2n) is 3.00. The first-order chi connectivity index (χ1) is 7.15. The molecule has 0 saturated carbocycles. The molecule has 76 valence electrons. The van der Waals surface area contributed by atoms with Crippen LogP contribution in [0.4, 0.5) is 5.82 Å². The minimum Gasteiger partial charge on any atom is -0.382 e. The van der Waals surface area contributed by atoms with Crippen LogP contribution < -0.4 is 5.73 Å². The molecule has 0 aliphatic carbocycles. The summed E-state index contributed by atoms with van der Waals surface area (Å²) in [5.74, 6) is 0.381. The summed E-state index contributed by atoms with van der Waals surface area (Å²) in [6.45, 7) is 0. The van der Waals surface area contributed by atoms with Crippen LogP contribution in [0.25, 0.3) is 11.3 Å². The third kappa shape index (κ3) is 2.37. The Bertz CT molecular complexity index is 462. The van der Waals surface area contributed by atoms with Crippen molar-refractivity contribution in [3.8, 4) is 11.3 Å². The molecule has 3 nitrogen and oxygen atoms in total. The van der Waals surface area contributed by atoms with Crippen molar-refractivity contribution in [2.24, 2.45) is 0 Å². The van der Waals surface area contributed by atoms with Crippen molar-refractivity contribution in [3.63, 3.8) is 0 Å². The minimum atomic E-state index is 0.381. The molecule has 0 spiro atoms. The lowest BCUT2D eigenvalue weighted by Gasteiger charge is -2.01. The van der Waals surface area contributed by atoms with Crippen LogP contribution in [0.15, 0.2) is 30.3 Å². The Morgan fingerprint density at radius 2 is 1.60 bits per heavy atom. The lowest BCUT2D eigenvalue weighted by atomic mass is 10.1. The summed E-state index contributed by atoms with van der Waals surface area (Å²) in [7, 11) is 0. The molecule has 0 fully saturated rings. The van der Waals surface area contributed by atoms with Gasteiger partial charge in [0.15, 0.2) is 0 Å². The first-order valence-corrected chi connectivity index (χ1v) is 4.96. The monoisotopic (exact) mass is 239 g/mol. The second kappa shape index (κ2) is 4.04. The van der Waals surface area contributed by atoms with Gasteiger partial charge in [-0.2, -0.15) is 0 Å². The van der Waals surface area contributed by atoms with Crippen molar-refractivity contribution in [1.82, 2.24) is 10.2 Å². The number of hydrogen-bond donors (Lipinski definition) is 1. The largest absolute Gasteiger partial charge is 0.382 e. The van der Waals surface area contributed by atoms with E-state index in [9.17, 15) is 0 Å². The molecule has 2 N–H and O–H groups in total. The number of nitrogens with two attached hydrogens (primary N) is 1. The normalized spacial score (nSPS) is 10.3. The highest BCUT2D eigenvalue weighted by Gasteiger charge is 2.02. The highest BCUT2D eigenvalue weighted by Crippen LogP contribution is 2.25. The number of nitrogens with zero attached hydrogens (tertiary/aromatic N) is 2. The predicted octanol–water partition coefficient (Wildman–Crippen LogP) is 3.03. The van der Waals surface area contributed by atoms with Gasteiger partial charge >= 0.3 is 0 Å². The molecule has 0 bridgehead atoms. The molecule has 0 saturated heterocycles. The van der Waals surface area contributed by atoms with Gasteiger partial charge in [0.2, 0.25) is 0 Å². The lowest BCUT2D eigenvalue weighted by molar-refractivity contribution is 1.05. The van der Waals surface area contributed by atoms with Gasteiger partial charge in [-0.1, -0.05) is 23.2 Å². The van der Waals surface area contributed by atoms with E-state index in [-0.39, 0.29) is 0 Å². The Balaban J connectivity index is 2.49. The van der Waals surface area contributed by atoms with Gasteiger partial charge in [0.1, 0.15) is 5.82 Å². The summed E-state index contributed by atoms with van der Waals surface area (Å²) in [6, 6.07) is 8.65. The minimum absolute atomic E-state index is 0.381. The van der Waals surface area contributed by atoms with Gasteiger partial charge < -0.3 is 5.73 Å². The number of anilines is 1. The molecule has 1 aromatic heterocycles.